The molecule has 0 saturated carbocycles. The van der Waals surface area contributed by atoms with Crippen LogP contribution in [0.4, 0.5) is 0 Å². The van der Waals surface area contributed by atoms with Crippen LogP contribution in [0, 0.1) is 5.92 Å². The number of piperidine rings is 1. The van der Waals surface area contributed by atoms with Crippen molar-refractivity contribution in [3.63, 3.8) is 0 Å². The highest BCUT2D eigenvalue weighted by molar-refractivity contribution is 7.89. The van der Waals surface area contributed by atoms with Crippen molar-refractivity contribution < 1.29 is 8.42 Å². The van der Waals surface area contributed by atoms with Gasteiger partial charge in [0, 0.05) is 13.1 Å². The SMILES string of the molecule is CCCc1ccc(Cl)c(S(=O)(=O)N2CCC(CN)CC2)c1. The van der Waals surface area contributed by atoms with Gasteiger partial charge in [-0.3, -0.25) is 0 Å². The van der Waals surface area contributed by atoms with Crippen LogP contribution in [0.3, 0.4) is 0 Å². The van der Waals surface area contributed by atoms with Gasteiger partial charge in [-0.25, -0.2) is 8.42 Å². The maximum absolute atomic E-state index is 12.8. The molecule has 118 valence electrons. The fourth-order valence-corrected chi connectivity index (χ4v) is 4.71. The standard InChI is InChI=1S/C15H23ClN2O2S/c1-2-3-12-4-5-14(16)15(10-12)21(19,20)18-8-6-13(11-17)7-9-18/h4-5,10,13H,2-3,6-9,11,17H2,1H3. The van der Waals surface area contributed by atoms with Gasteiger partial charge in [0.25, 0.3) is 0 Å². The highest BCUT2D eigenvalue weighted by Gasteiger charge is 2.30. The Kier molecular flexibility index (Phi) is 5.66. The van der Waals surface area contributed by atoms with Crippen molar-refractivity contribution in [2.45, 2.75) is 37.5 Å². The summed E-state index contributed by atoms with van der Waals surface area (Å²) in [6.45, 7) is 3.75. The van der Waals surface area contributed by atoms with Crippen LogP contribution >= 0.6 is 11.6 Å². The molecule has 2 N–H and O–H groups in total. The van der Waals surface area contributed by atoms with E-state index in [1.54, 1.807) is 12.1 Å². The quantitative estimate of drug-likeness (QED) is 0.902. The van der Waals surface area contributed by atoms with Crippen LogP contribution in [0.1, 0.15) is 31.7 Å². The highest BCUT2D eigenvalue weighted by Crippen LogP contribution is 2.29. The predicted molar refractivity (Wildman–Crippen MR) is 86.0 cm³/mol. The zero-order valence-electron chi connectivity index (χ0n) is 12.4. The average Bonchev–Trinajstić information content (AvgIpc) is 2.49. The highest BCUT2D eigenvalue weighted by atomic mass is 35.5. The number of nitrogens with two attached hydrogens (primary N) is 1. The molecule has 0 atom stereocenters. The second-order valence-electron chi connectivity index (χ2n) is 5.60. The number of sulfonamides is 1. The Morgan fingerprint density at radius 2 is 2.00 bits per heavy atom. The molecule has 6 heteroatoms. The summed E-state index contributed by atoms with van der Waals surface area (Å²) in [5, 5.41) is 0.302. The van der Waals surface area contributed by atoms with E-state index in [1.807, 2.05) is 6.07 Å². The van der Waals surface area contributed by atoms with Crippen LogP contribution in [-0.4, -0.2) is 32.4 Å². The molecular weight excluding hydrogens is 308 g/mol. The summed E-state index contributed by atoms with van der Waals surface area (Å²) in [5.74, 6) is 0.429. The van der Waals surface area contributed by atoms with Crippen molar-refractivity contribution in [2.24, 2.45) is 11.7 Å². The van der Waals surface area contributed by atoms with Crippen molar-refractivity contribution in [2.75, 3.05) is 19.6 Å². The van der Waals surface area contributed by atoms with E-state index in [1.165, 1.54) is 4.31 Å². The van der Waals surface area contributed by atoms with Crippen molar-refractivity contribution >= 4 is 21.6 Å². The second kappa shape index (κ2) is 7.09. The minimum absolute atomic E-state index is 0.237. The van der Waals surface area contributed by atoms with E-state index < -0.39 is 10.0 Å². The van der Waals surface area contributed by atoms with Crippen LogP contribution in [0.25, 0.3) is 0 Å². The Morgan fingerprint density at radius 1 is 1.33 bits per heavy atom. The lowest BCUT2D eigenvalue weighted by Gasteiger charge is -2.30. The lowest BCUT2D eigenvalue weighted by Crippen LogP contribution is -2.40. The van der Waals surface area contributed by atoms with Gasteiger partial charge in [0.1, 0.15) is 4.90 Å². The molecule has 1 aliphatic heterocycles. The maximum atomic E-state index is 12.8. The molecule has 0 aliphatic carbocycles. The van der Waals surface area contributed by atoms with Crippen molar-refractivity contribution in [1.29, 1.82) is 0 Å². The molecule has 1 fully saturated rings. The summed E-state index contributed by atoms with van der Waals surface area (Å²) in [7, 11) is -3.50. The molecule has 0 spiro atoms. The van der Waals surface area contributed by atoms with Gasteiger partial charge < -0.3 is 5.73 Å². The van der Waals surface area contributed by atoms with Gasteiger partial charge in [0.15, 0.2) is 0 Å². The van der Waals surface area contributed by atoms with Gasteiger partial charge in [-0.05, 0) is 49.4 Å². The molecular formula is C15H23ClN2O2S. The van der Waals surface area contributed by atoms with E-state index in [2.05, 4.69) is 6.92 Å². The van der Waals surface area contributed by atoms with Gasteiger partial charge in [-0.1, -0.05) is 31.0 Å². The number of aryl methyl sites for hydroxylation is 1. The maximum Gasteiger partial charge on any atom is 0.244 e. The molecule has 0 bridgehead atoms. The van der Waals surface area contributed by atoms with E-state index in [9.17, 15) is 8.42 Å². The summed E-state index contributed by atoms with van der Waals surface area (Å²) in [6, 6.07) is 5.30. The Morgan fingerprint density at radius 3 is 2.57 bits per heavy atom. The summed E-state index contributed by atoms with van der Waals surface area (Å²) >= 11 is 6.13. The van der Waals surface area contributed by atoms with E-state index in [0.29, 0.717) is 30.6 Å². The van der Waals surface area contributed by atoms with Crippen molar-refractivity contribution in [3.8, 4) is 0 Å². The van der Waals surface area contributed by atoms with Gasteiger partial charge in [0.05, 0.1) is 5.02 Å². The smallest absolute Gasteiger partial charge is 0.244 e. The first kappa shape index (κ1) is 16.7. The monoisotopic (exact) mass is 330 g/mol. The van der Waals surface area contributed by atoms with Gasteiger partial charge >= 0.3 is 0 Å². The molecule has 0 radical (unpaired) electrons. The van der Waals surface area contributed by atoms with Crippen LogP contribution < -0.4 is 5.73 Å². The van der Waals surface area contributed by atoms with Crippen LogP contribution in [0.5, 0.6) is 0 Å². The fraction of sp³-hybridized carbons (Fsp3) is 0.600. The van der Waals surface area contributed by atoms with Crippen molar-refractivity contribution in [1.82, 2.24) is 4.31 Å². The number of hydrogen-bond donors (Lipinski definition) is 1. The first-order chi connectivity index (χ1) is 9.98. The zero-order valence-corrected chi connectivity index (χ0v) is 14.0. The summed E-state index contributed by atoms with van der Waals surface area (Å²) in [6.07, 6.45) is 3.47. The number of nitrogens with zero attached hydrogens (tertiary/aromatic N) is 1. The average molecular weight is 331 g/mol. The molecule has 21 heavy (non-hydrogen) atoms. The van der Waals surface area contributed by atoms with Gasteiger partial charge in [-0.2, -0.15) is 4.31 Å². The third-order valence-electron chi connectivity index (χ3n) is 4.06. The Balaban J connectivity index is 2.25. The summed E-state index contributed by atoms with van der Waals surface area (Å²) in [4.78, 5) is 0.237. The van der Waals surface area contributed by atoms with E-state index >= 15 is 0 Å². The van der Waals surface area contributed by atoms with Crippen LogP contribution in [0.2, 0.25) is 5.02 Å². The van der Waals surface area contributed by atoms with Crippen LogP contribution in [0.15, 0.2) is 23.1 Å². The Bertz CT molecular complexity index is 581. The molecule has 1 aliphatic rings. The van der Waals surface area contributed by atoms with Crippen molar-refractivity contribution in [3.05, 3.63) is 28.8 Å². The molecule has 1 saturated heterocycles. The number of rotatable bonds is 5. The first-order valence-corrected chi connectivity index (χ1v) is 9.29. The summed E-state index contributed by atoms with van der Waals surface area (Å²) in [5.41, 5.74) is 6.67. The lowest BCUT2D eigenvalue weighted by atomic mass is 9.99. The zero-order chi connectivity index (χ0) is 15.5. The third-order valence-corrected chi connectivity index (χ3v) is 6.44. The lowest BCUT2D eigenvalue weighted by molar-refractivity contribution is 0.278. The number of hydrogen-bond acceptors (Lipinski definition) is 3. The molecule has 1 heterocycles. The molecule has 0 unspecified atom stereocenters. The minimum atomic E-state index is -3.50. The van der Waals surface area contributed by atoms with E-state index in [0.717, 1.165) is 31.2 Å². The first-order valence-electron chi connectivity index (χ1n) is 7.47. The van der Waals surface area contributed by atoms with E-state index in [4.69, 9.17) is 17.3 Å². The number of benzene rings is 1. The molecule has 1 aromatic rings. The molecule has 0 aromatic heterocycles. The molecule has 4 nitrogen and oxygen atoms in total. The van der Waals surface area contributed by atoms with Gasteiger partial charge in [-0.15, -0.1) is 0 Å². The van der Waals surface area contributed by atoms with Gasteiger partial charge in [0.2, 0.25) is 10.0 Å². The molecule has 1 aromatic carbocycles. The van der Waals surface area contributed by atoms with Crippen LogP contribution in [-0.2, 0) is 16.4 Å². The predicted octanol–water partition coefficient (Wildman–Crippen LogP) is 2.65. The second-order valence-corrected chi connectivity index (χ2v) is 7.91. The third kappa shape index (κ3) is 3.77. The Hall–Kier alpha value is -0.620. The topological polar surface area (TPSA) is 63.4 Å². The Labute approximate surface area is 132 Å². The molecule has 0 amide bonds. The normalized spacial score (nSPS) is 18.0. The minimum Gasteiger partial charge on any atom is -0.330 e. The summed E-state index contributed by atoms with van der Waals surface area (Å²) < 4.78 is 27.1. The number of halogens is 1. The largest absolute Gasteiger partial charge is 0.330 e. The van der Waals surface area contributed by atoms with E-state index in [-0.39, 0.29) is 4.90 Å². The fourth-order valence-electron chi connectivity index (χ4n) is 2.71. The molecule has 2 rings (SSSR count).